The molecule has 5 heteroatoms. The van der Waals surface area contributed by atoms with Crippen LogP contribution in [0.15, 0.2) is 0 Å². The van der Waals surface area contributed by atoms with E-state index in [1.165, 1.54) is 4.90 Å². The van der Waals surface area contributed by atoms with Gasteiger partial charge in [0.15, 0.2) is 0 Å². The van der Waals surface area contributed by atoms with Crippen LogP contribution < -0.4 is 0 Å². The van der Waals surface area contributed by atoms with E-state index in [0.29, 0.717) is 19.6 Å². The van der Waals surface area contributed by atoms with Gasteiger partial charge in [0.25, 0.3) is 5.91 Å². The second-order valence-corrected chi connectivity index (χ2v) is 3.28. The number of hydrogen-bond donors (Lipinski definition) is 0. The van der Waals surface area contributed by atoms with Crippen molar-refractivity contribution in [3.63, 3.8) is 0 Å². The standard InChI is InChI=1S/C8H14F2N2O/c1-11-3-2-4-12(6-5-11)8(13)7(9)10/h7H,2-6H2,1H3. The maximum Gasteiger partial charge on any atom is 0.315 e. The molecule has 1 heterocycles. The van der Waals surface area contributed by atoms with Gasteiger partial charge in [0.1, 0.15) is 0 Å². The molecule has 0 unspecified atom stereocenters. The van der Waals surface area contributed by atoms with Crippen molar-refractivity contribution >= 4 is 5.91 Å². The molecule has 1 amide bonds. The molecular formula is C8H14F2N2O. The first-order chi connectivity index (χ1) is 6.11. The molecule has 13 heavy (non-hydrogen) atoms. The molecule has 0 spiro atoms. The van der Waals surface area contributed by atoms with E-state index in [2.05, 4.69) is 0 Å². The van der Waals surface area contributed by atoms with Crippen LogP contribution in [0.1, 0.15) is 6.42 Å². The van der Waals surface area contributed by atoms with E-state index in [4.69, 9.17) is 0 Å². The Morgan fingerprint density at radius 3 is 2.54 bits per heavy atom. The van der Waals surface area contributed by atoms with Gasteiger partial charge in [-0.05, 0) is 20.0 Å². The Balaban J connectivity index is 2.46. The Morgan fingerprint density at radius 2 is 1.92 bits per heavy atom. The highest BCUT2D eigenvalue weighted by Gasteiger charge is 2.24. The molecule has 0 N–H and O–H groups in total. The van der Waals surface area contributed by atoms with Crippen molar-refractivity contribution in [3.8, 4) is 0 Å². The highest BCUT2D eigenvalue weighted by Crippen LogP contribution is 2.05. The lowest BCUT2D eigenvalue weighted by Crippen LogP contribution is -2.38. The van der Waals surface area contributed by atoms with Gasteiger partial charge in [0.2, 0.25) is 0 Å². The minimum atomic E-state index is -2.86. The fourth-order valence-corrected chi connectivity index (χ4v) is 1.40. The summed E-state index contributed by atoms with van der Waals surface area (Å²) in [7, 11) is 1.93. The quantitative estimate of drug-likeness (QED) is 0.601. The number of amides is 1. The minimum Gasteiger partial charge on any atom is -0.336 e. The van der Waals surface area contributed by atoms with Gasteiger partial charge in [0.05, 0.1) is 0 Å². The maximum absolute atomic E-state index is 12.0. The third-order valence-electron chi connectivity index (χ3n) is 2.22. The highest BCUT2D eigenvalue weighted by molar-refractivity contribution is 5.79. The molecule has 1 aliphatic heterocycles. The van der Waals surface area contributed by atoms with Gasteiger partial charge >= 0.3 is 6.43 Å². The molecule has 3 nitrogen and oxygen atoms in total. The van der Waals surface area contributed by atoms with E-state index in [1.54, 1.807) is 0 Å². The van der Waals surface area contributed by atoms with E-state index in [0.717, 1.165) is 13.0 Å². The lowest BCUT2D eigenvalue weighted by atomic mass is 10.4. The van der Waals surface area contributed by atoms with Gasteiger partial charge in [-0.2, -0.15) is 8.78 Å². The summed E-state index contributed by atoms with van der Waals surface area (Å²) in [6.45, 7) is 2.42. The second kappa shape index (κ2) is 4.50. The van der Waals surface area contributed by atoms with E-state index < -0.39 is 12.3 Å². The van der Waals surface area contributed by atoms with Crippen molar-refractivity contribution in [1.82, 2.24) is 9.80 Å². The third-order valence-corrected chi connectivity index (χ3v) is 2.22. The number of carbonyl (C=O) groups is 1. The van der Waals surface area contributed by atoms with Gasteiger partial charge < -0.3 is 9.80 Å². The van der Waals surface area contributed by atoms with Crippen molar-refractivity contribution in [2.24, 2.45) is 0 Å². The van der Waals surface area contributed by atoms with Crippen LogP contribution in [0.2, 0.25) is 0 Å². The molecule has 0 atom stereocenters. The summed E-state index contributed by atoms with van der Waals surface area (Å²) in [5.74, 6) is -1.03. The maximum atomic E-state index is 12.0. The van der Waals surface area contributed by atoms with E-state index >= 15 is 0 Å². The molecule has 0 saturated carbocycles. The van der Waals surface area contributed by atoms with Gasteiger partial charge in [-0.25, -0.2) is 0 Å². The Kier molecular flexibility index (Phi) is 3.59. The smallest absolute Gasteiger partial charge is 0.315 e. The van der Waals surface area contributed by atoms with Gasteiger partial charge in [-0.3, -0.25) is 4.79 Å². The fraction of sp³-hybridized carbons (Fsp3) is 0.875. The summed E-state index contributed by atoms with van der Waals surface area (Å²) in [6, 6.07) is 0. The van der Waals surface area contributed by atoms with Crippen molar-refractivity contribution in [1.29, 1.82) is 0 Å². The number of hydrogen-bond acceptors (Lipinski definition) is 2. The van der Waals surface area contributed by atoms with Crippen LogP contribution in [0.5, 0.6) is 0 Å². The summed E-state index contributed by atoms with van der Waals surface area (Å²) in [6.07, 6.45) is -2.09. The van der Waals surface area contributed by atoms with Crippen LogP contribution in [0, 0.1) is 0 Å². The molecular weight excluding hydrogens is 178 g/mol. The fourth-order valence-electron chi connectivity index (χ4n) is 1.40. The molecule has 0 radical (unpaired) electrons. The molecule has 0 bridgehead atoms. The average Bonchev–Trinajstić information content (AvgIpc) is 2.28. The number of carbonyl (C=O) groups excluding carboxylic acids is 1. The second-order valence-electron chi connectivity index (χ2n) is 3.28. The topological polar surface area (TPSA) is 23.6 Å². The first-order valence-corrected chi connectivity index (χ1v) is 4.36. The van der Waals surface area contributed by atoms with Crippen molar-refractivity contribution in [2.45, 2.75) is 12.8 Å². The summed E-state index contributed by atoms with van der Waals surface area (Å²) in [4.78, 5) is 14.2. The lowest BCUT2D eigenvalue weighted by Gasteiger charge is -2.19. The first kappa shape index (κ1) is 10.4. The molecule has 1 aliphatic rings. The Hall–Kier alpha value is -0.710. The predicted molar refractivity (Wildman–Crippen MR) is 44.7 cm³/mol. The molecule has 1 rings (SSSR count). The zero-order valence-corrected chi connectivity index (χ0v) is 7.67. The number of nitrogens with zero attached hydrogens (tertiary/aromatic N) is 2. The summed E-state index contributed by atoms with van der Waals surface area (Å²) < 4.78 is 24.1. The molecule has 0 aromatic heterocycles. The molecule has 0 aliphatic carbocycles. The minimum absolute atomic E-state index is 0.416. The van der Waals surface area contributed by atoms with Crippen molar-refractivity contribution < 1.29 is 13.6 Å². The summed E-state index contributed by atoms with van der Waals surface area (Å²) in [5.41, 5.74) is 0. The average molecular weight is 192 g/mol. The van der Waals surface area contributed by atoms with Crippen LogP contribution in [0.4, 0.5) is 8.78 Å². The van der Waals surface area contributed by atoms with Crippen LogP contribution in [-0.2, 0) is 4.79 Å². The Labute approximate surface area is 76.3 Å². The molecule has 0 aromatic carbocycles. The monoisotopic (exact) mass is 192 g/mol. The molecule has 1 fully saturated rings. The zero-order valence-electron chi connectivity index (χ0n) is 7.67. The number of alkyl halides is 2. The lowest BCUT2D eigenvalue weighted by molar-refractivity contribution is -0.142. The van der Waals surface area contributed by atoms with Crippen LogP contribution in [-0.4, -0.2) is 55.4 Å². The zero-order chi connectivity index (χ0) is 9.84. The summed E-state index contributed by atoms with van der Waals surface area (Å²) >= 11 is 0. The van der Waals surface area contributed by atoms with Crippen molar-refractivity contribution in [3.05, 3.63) is 0 Å². The summed E-state index contributed by atoms with van der Waals surface area (Å²) in [5, 5.41) is 0. The van der Waals surface area contributed by atoms with Crippen LogP contribution in [0.25, 0.3) is 0 Å². The first-order valence-electron chi connectivity index (χ1n) is 4.36. The van der Waals surface area contributed by atoms with Gasteiger partial charge in [0, 0.05) is 19.6 Å². The van der Waals surface area contributed by atoms with Gasteiger partial charge in [-0.1, -0.05) is 0 Å². The van der Waals surface area contributed by atoms with E-state index in [1.807, 2.05) is 11.9 Å². The largest absolute Gasteiger partial charge is 0.336 e. The normalized spacial score (nSPS) is 20.5. The number of rotatable bonds is 1. The Bertz CT molecular complexity index is 187. The third kappa shape index (κ3) is 2.91. The van der Waals surface area contributed by atoms with Gasteiger partial charge in [-0.15, -0.1) is 0 Å². The van der Waals surface area contributed by atoms with Crippen LogP contribution in [0.3, 0.4) is 0 Å². The number of halogens is 2. The molecule has 0 aromatic rings. The molecule has 76 valence electrons. The van der Waals surface area contributed by atoms with E-state index in [-0.39, 0.29) is 0 Å². The number of likely N-dealkylation sites (N-methyl/N-ethyl adjacent to an activating group) is 1. The predicted octanol–water partition coefficient (Wildman–Crippen LogP) is 0.416. The van der Waals surface area contributed by atoms with Crippen molar-refractivity contribution in [2.75, 3.05) is 33.2 Å². The molecule has 1 saturated heterocycles. The van der Waals surface area contributed by atoms with E-state index in [9.17, 15) is 13.6 Å². The Morgan fingerprint density at radius 1 is 1.23 bits per heavy atom. The highest BCUT2D eigenvalue weighted by atomic mass is 19.3. The van der Waals surface area contributed by atoms with Crippen LogP contribution >= 0.6 is 0 Å². The SMILES string of the molecule is CN1CCCN(C(=O)C(F)F)CC1.